The Balaban J connectivity index is 1.83. The van der Waals surface area contributed by atoms with E-state index in [9.17, 15) is 27.2 Å². The first-order chi connectivity index (χ1) is 16.0. The van der Waals surface area contributed by atoms with Crippen LogP contribution in [0.5, 0.6) is 0 Å². The SMILES string of the molecule is C=C1N(c2ccc(C#N)c(C(F)(F)F)c2)C(=O)[C@]2(CCOC2)N1c1ccc(C(=O)OC)c(F)c1. The first-order valence-electron chi connectivity index (χ1n) is 9.96. The topological polar surface area (TPSA) is 82.9 Å². The van der Waals surface area contributed by atoms with E-state index < -0.39 is 40.5 Å². The summed E-state index contributed by atoms with van der Waals surface area (Å²) in [4.78, 5) is 27.7. The molecule has 0 N–H and O–H groups in total. The van der Waals surface area contributed by atoms with Crippen LogP contribution in [0.25, 0.3) is 0 Å². The molecule has 1 atom stereocenters. The Kier molecular flexibility index (Phi) is 5.57. The van der Waals surface area contributed by atoms with Crippen molar-refractivity contribution in [2.75, 3.05) is 30.1 Å². The number of carbonyl (C=O) groups excluding carboxylic acids is 2. The third kappa shape index (κ3) is 3.47. The van der Waals surface area contributed by atoms with Crippen LogP contribution in [-0.2, 0) is 20.4 Å². The van der Waals surface area contributed by atoms with Crippen LogP contribution < -0.4 is 9.80 Å². The quantitative estimate of drug-likeness (QED) is 0.493. The number of rotatable bonds is 3. The van der Waals surface area contributed by atoms with Gasteiger partial charge in [0.15, 0.2) is 5.54 Å². The molecule has 2 heterocycles. The van der Waals surface area contributed by atoms with Gasteiger partial charge >= 0.3 is 12.1 Å². The van der Waals surface area contributed by atoms with Crippen LogP contribution >= 0.6 is 0 Å². The summed E-state index contributed by atoms with van der Waals surface area (Å²) in [6.07, 6.45) is -4.66. The second kappa shape index (κ2) is 8.14. The average molecular weight is 475 g/mol. The maximum atomic E-state index is 14.7. The molecule has 34 heavy (non-hydrogen) atoms. The average Bonchev–Trinajstić information content (AvgIpc) is 3.36. The molecule has 1 amide bonds. The molecule has 2 aromatic rings. The van der Waals surface area contributed by atoms with Crippen LogP contribution in [0.2, 0.25) is 0 Å². The fourth-order valence-corrected chi connectivity index (χ4v) is 4.25. The zero-order valence-electron chi connectivity index (χ0n) is 17.8. The number of nitriles is 1. The molecular weight excluding hydrogens is 458 g/mol. The maximum absolute atomic E-state index is 14.7. The third-order valence-electron chi connectivity index (χ3n) is 5.85. The molecule has 1 spiro atoms. The fourth-order valence-electron chi connectivity index (χ4n) is 4.25. The predicted octanol–water partition coefficient (Wildman–Crippen LogP) is 3.99. The summed E-state index contributed by atoms with van der Waals surface area (Å²) in [6, 6.07) is 7.98. The van der Waals surface area contributed by atoms with Gasteiger partial charge in [-0.05, 0) is 36.4 Å². The Hall–Kier alpha value is -3.91. The number of carbonyl (C=O) groups is 2. The summed E-state index contributed by atoms with van der Waals surface area (Å²) in [7, 11) is 1.10. The van der Waals surface area contributed by atoms with Crippen molar-refractivity contribution < 1.29 is 36.6 Å². The van der Waals surface area contributed by atoms with Crippen molar-refractivity contribution in [3.8, 4) is 6.07 Å². The molecule has 0 bridgehead atoms. The summed E-state index contributed by atoms with van der Waals surface area (Å²) >= 11 is 0. The largest absolute Gasteiger partial charge is 0.465 e. The Morgan fingerprint density at radius 3 is 2.50 bits per heavy atom. The van der Waals surface area contributed by atoms with Gasteiger partial charge in [-0.1, -0.05) is 6.58 Å². The molecule has 0 unspecified atom stereocenters. The number of ether oxygens (including phenoxy) is 2. The van der Waals surface area contributed by atoms with Crippen molar-refractivity contribution in [2.24, 2.45) is 0 Å². The van der Waals surface area contributed by atoms with Gasteiger partial charge in [0.25, 0.3) is 5.91 Å². The van der Waals surface area contributed by atoms with E-state index in [2.05, 4.69) is 11.3 Å². The summed E-state index contributed by atoms with van der Waals surface area (Å²) in [5.41, 5.74) is -3.48. The van der Waals surface area contributed by atoms with E-state index >= 15 is 0 Å². The highest BCUT2D eigenvalue weighted by atomic mass is 19.4. The zero-order valence-corrected chi connectivity index (χ0v) is 17.8. The van der Waals surface area contributed by atoms with Crippen molar-refractivity contribution >= 4 is 23.3 Å². The number of benzene rings is 2. The molecule has 0 aliphatic carbocycles. The van der Waals surface area contributed by atoms with Crippen LogP contribution in [0.1, 0.15) is 27.9 Å². The van der Waals surface area contributed by atoms with E-state index in [1.54, 1.807) is 0 Å². The molecule has 2 fully saturated rings. The Morgan fingerprint density at radius 1 is 1.24 bits per heavy atom. The minimum atomic E-state index is -4.83. The summed E-state index contributed by atoms with van der Waals surface area (Å²) in [5, 5.41) is 9.06. The fraction of sp³-hybridized carbons (Fsp3) is 0.261. The lowest BCUT2D eigenvalue weighted by Gasteiger charge is -2.32. The number of anilines is 2. The third-order valence-corrected chi connectivity index (χ3v) is 5.85. The van der Waals surface area contributed by atoms with E-state index in [1.165, 1.54) is 29.2 Å². The van der Waals surface area contributed by atoms with Gasteiger partial charge in [0.2, 0.25) is 0 Å². The lowest BCUT2D eigenvalue weighted by molar-refractivity contribution is -0.137. The van der Waals surface area contributed by atoms with Crippen LogP contribution in [0.15, 0.2) is 48.8 Å². The number of esters is 1. The minimum absolute atomic E-state index is 0.0291. The molecule has 2 saturated heterocycles. The number of amides is 1. The van der Waals surface area contributed by atoms with E-state index in [-0.39, 0.29) is 42.4 Å². The number of hydrogen-bond donors (Lipinski definition) is 0. The standard InChI is InChI=1S/C23H17F4N3O4/c1-13-29(15-4-3-14(11-28)18(9-15)23(25,26)27)21(32)22(7-8-34-12-22)30(13)16-5-6-17(19(24)10-16)20(31)33-2/h3-6,9-10H,1,7-8,12H2,2H3/t22-/m1/s1. The first kappa shape index (κ1) is 23.3. The molecule has 2 aliphatic rings. The molecule has 0 radical (unpaired) electrons. The highest BCUT2D eigenvalue weighted by Crippen LogP contribution is 2.45. The minimum Gasteiger partial charge on any atom is -0.465 e. The van der Waals surface area contributed by atoms with Gasteiger partial charge in [-0.25, -0.2) is 9.18 Å². The van der Waals surface area contributed by atoms with Crippen molar-refractivity contribution in [3.05, 3.63) is 71.3 Å². The van der Waals surface area contributed by atoms with E-state index in [0.29, 0.717) is 6.07 Å². The highest BCUT2D eigenvalue weighted by Gasteiger charge is 2.58. The molecule has 176 valence electrons. The molecule has 4 rings (SSSR count). The summed E-state index contributed by atoms with van der Waals surface area (Å²) < 4.78 is 65.2. The Morgan fingerprint density at radius 2 is 1.94 bits per heavy atom. The lowest BCUT2D eigenvalue weighted by Crippen LogP contribution is -2.50. The Labute approximate surface area is 191 Å². The molecule has 11 heteroatoms. The second-order valence-electron chi connectivity index (χ2n) is 7.72. The second-order valence-corrected chi connectivity index (χ2v) is 7.72. The zero-order chi connectivity index (χ0) is 24.8. The number of nitrogens with zero attached hydrogens (tertiary/aromatic N) is 3. The number of halogens is 4. The van der Waals surface area contributed by atoms with Crippen LogP contribution in [0, 0.1) is 17.1 Å². The monoisotopic (exact) mass is 475 g/mol. The summed E-state index contributed by atoms with van der Waals surface area (Å²) in [5.74, 6) is -2.43. The highest BCUT2D eigenvalue weighted by molar-refractivity contribution is 6.10. The molecular formula is C23H17F4N3O4. The Bertz CT molecular complexity index is 1250. The maximum Gasteiger partial charge on any atom is 0.417 e. The van der Waals surface area contributed by atoms with Crippen LogP contribution in [-0.4, -0.2) is 37.7 Å². The summed E-state index contributed by atoms with van der Waals surface area (Å²) in [6.45, 7) is 3.97. The normalized spacial score (nSPS) is 20.2. The van der Waals surface area contributed by atoms with Gasteiger partial charge in [-0.2, -0.15) is 18.4 Å². The van der Waals surface area contributed by atoms with Gasteiger partial charge in [-0.15, -0.1) is 0 Å². The predicted molar refractivity (Wildman–Crippen MR) is 111 cm³/mol. The van der Waals surface area contributed by atoms with E-state index in [1.807, 2.05) is 0 Å². The van der Waals surface area contributed by atoms with Gasteiger partial charge in [0, 0.05) is 18.7 Å². The molecule has 2 aromatic carbocycles. The number of alkyl halides is 3. The molecule has 0 aromatic heterocycles. The van der Waals surface area contributed by atoms with E-state index in [0.717, 1.165) is 24.1 Å². The van der Waals surface area contributed by atoms with Crippen LogP contribution in [0.4, 0.5) is 28.9 Å². The molecule has 7 nitrogen and oxygen atoms in total. The van der Waals surface area contributed by atoms with Gasteiger partial charge in [0.05, 0.1) is 42.2 Å². The lowest BCUT2D eigenvalue weighted by atomic mass is 9.95. The van der Waals surface area contributed by atoms with Crippen LogP contribution in [0.3, 0.4) is 0 Å². The smallest absolute Gasteiger partial charge is 0.417 e. The van der Waals surface area contributed by atoms with E-state index in [4.69, 9.17) is 10.00 Å². The van der Waals surface area contributed by atoms with Crippen molar-refractivity contribution in [1.29, 1.82) is 5.26 Å². The van der Waals surface area contributed by atoms with Gasteiger partial charge in [-0.3, -0.25) is 9.69 Å². The van der Waals surface area contributed by atoms with Crippen molar-refractivity contribution in [1.82, 2.24) is 0 Å². The van der Waals surface area contributed by atoms with Crippen molar-refractivity contribution in [3.63, 3.8) is 0 Å². The number of hydrogen-bond acceptors (Lipinski definition) is 6. The van der Waals surface area contributed by atoms with Gasteiger partial charge < -0.3 is 14.4 Å². The molecule has 2 aliphatic heterocycles. The molecule has 0 saturated carbocycles. The first-order valence-corrected chi connectivity index (χ1v) is 9.96. The number of methoxy groups -OCH3 is 1. The van der Waals surface area contributed by atoms with Crippen molar-refractivity contribution in [2.45, 2.75) is 18.1 Å². The van der Waals surface area contributed by atoms with Gasteiger partial charge in [0.1, 0.15) is 11.6 Å².